The average molecular weight is 1140 g/mol. The number of carbonyl (C=O) groups is 3. The van der Waals surface area contributed by atoms with Crippen LogP contribution in [0.15, 0.2) is 170 Å². The average Bonchev–Trinajstić information content (AvgIpc) is 3.49. The molecule has 0 aromatic heterocycles. The van der Waals surface area contributed by atoms with E-state index in [0.29, 0.717) is 19.3 Å². The van der Waals surface area contributed by atoms with Gasteiger partial charge in [-0.1, -0.05) is 274 Å². The van der Waals surface area contributed by atoms with Crippen molar-refractivity contribution in [3.8, 4) is 0 Å². The highest BCUT2D eigenvalue weighted by Crippen LogP contribution is 2.14. The van der Waals surface area contributed by atoms with Crippen LogP contribution in [0.3, 0.4) is 0 Å². The molecule has 0 saturated carbocycles. The molecule has 0 aliphatic carbocycles. The van der Waals surface area contributed by atoms with Gasteiger partial charge in [-0.3, -0.25) is 14.4 Å². The molecule has 0 saturated heterocycles. The van der Waals surface area contributed by atoms with Crippen molar-refractivity contribution in [1.82, 2.24) is 0 Å². The van der Waals surface area contributed by atoms with Gasteiger partial charge in [0, 0.05) is 19.3 Å². The Kier molecular flexibility index (Phi) is 64.9. The third-order valence-electron chi connectivity index (χ3n) is 13.7. The molecule has 1 atom stereocenters. The van der Waals surface area contributed by atoms with Crippen LogP contribution in [0.2, 0.25) is 0 Å². The Bertz CT molecular complexity index is 1890. The van der Waals surface area contributed by atoms with Gasteiger partial charge in [0.2, 0.25) is 0 Å². The molecule has 466 valence electrons. The molecular weight excluding hydrogens is 1020 g/mol. The molecule has 0 radical (unpaired) electrons. The molecule has 0 aromatic carbocycles. The molecule has 0 aromatic rings. The molecule has 0 aliphatic rings. The monoisotopic (exact) mass is 1140 g/mol. The van der Waals surface area contributed by atoms with E-state index in [4.69, 9.17) is 14.2 Å². The zero-order valence-corrected chi connectivity index (χ0v) is 53.4. The SMILES string of the molecule is CC/C=C\C/C=C\C/C=C\C/C=C\C/C=C\C/C=C\C/C=C\C/C=C\C/C=C\CCCCCC(=O)OCC(COC(=O)CCCCCCC/C=C\CCCCCC)OC(=O)CCCCCCCCCC/C=C\C/C=C\C/C=C\C/C=C\CC. The van der Waals surface area contributed by atoms with E-state index in [0.717, 1.165) is 167 Å². The highest BCUT2D eigenvalue weighted by Gasteiger charge is 2.19. The highest BCUT2D eigenvalue weighted by molar-refractivity contribution is 5.71. The quantitative estimate of drug-likeness (QED) is 0.0261. The van der Waals surface area contributed by atoms with E-state index in [1.165, 1.54) is 70.6 Å². The van der Waals surface area contributed by atoms with Crippen molar-refractivity contribution in [2.75, 3.05) is 13.2 Å². The first-order chi connectivity index (χ1) is 41.0. The summed E-state index contributed by atoms with van der Waals surface area (Å²) >= 11 is 0. The standard InChI is InChI=1S/C77H122O6/c1-4-7-10-13-16-19-22-25-27-29-31-33-34-35-36-37-38-39-40-41-42-44-45-47-49-52-55-58-61-64-67-70-76(79)82-73-74(72-81-75(78)69-66-63-60-57-54-51-24-21-18-15-12-9-6-3)83-77(80)71-68-65-62-59-56-53-50-48-46-43-32-30-28-26-23-20-17-14-11-8-5-2/h7-8,10-11,16-17,19-21,24-28,31-33,35-36,38-39,41-43,45,47,52,55,74H,4-6,9,12-15,18,22-23,29-30,34,37,40,44,46,48-51,53-54,56-73H2,1-3H3/b10-7-,11-8-,19-16-,20-17-,24-21-,27-25-,28-26-,33-31-,36-35-,39-38-,42-41-,43-32-,47-45-,55-52-. The van der Waals surface area contributed by atoms with Crippen LogP contribution in [-0.4, -0.2) is 37.2 Å². The van der Waals surface area contributed by atoms with E-state index in [1.807, 2.05) is 0 Å². The first-order valence-corrected chi connectivity index (χ1v) is 33.6. The Labute approximate surface area is 511 Å². The van der Waals surface area contributed by atoms with Crippen LogP contribution in [0.1, 0.15) is 278 Å². The van der Waals surface area contributed by atoms with Crippen LogP contribution in [0.4, 0.5) is 0 Å². The van der Waals surface area contributed by atoms with Gasteiger partial charge in [0.05, 0.1) is 0 Å². The Hall–Kier alpha value is -5.23. The predicted molar refractivity (Wildman–Crippen MR) is 361 cm³/mol. The van der Waals surface area contributed by atoms with Crippen molar-refractivity contribution in [1.29, 1.82) is 0 Å². The number of hydrogen-bond acceptors (Lipinski definition) is 6. The first-order valence-electron chi connectivity index (χ1n) is 33.6. The molecule has 0 amide bonds. The number of unbranched alkanes of at least 4 members (excludes halogenated alkanes) is 20. The fourth-order valence-corrected chi connectivity index (χ4v) is 8.71. The van der Waals surface area contributed by atoms with Crippen LogP contribution < -0.4 is 0 Å². The zero-order chi connectivity index (χ0) is 59.9. The lowest BCUT2D eigenvalue weighted by molar-refractivity contribution is -0.167. The highest BCUT2D eigenvalue weighted by atomic mass is 16.6. The van der Waals surface area contributed by atoms with Gasteiger partial charge in [0.25, 0.3) is 0 Å². The van der Waals surface area contributed by atoms with Crippen molar-refractivity contribution in [3.05, 3.63) is 170 Å². The third kappa shape index (κ3) is 67.4. The summed E-state index contributed by atoms with van der Waals surface area (Å²) in [7, 11) is 0. The van der Waals surface area contributed by atoms with E-state index in [-0.39, 0.29) is 31.1 Å². The summed E-state index contributed by atoms with van der Waals surface area (Å²) in [5, 5.41) is 0. The lowest BCUT2D eigenvalue weighted by Crippen LogP contribution is -2.30. The van der Waals surface area contributed by atoms with E-state index in [2.05, 4.69) is 191 Å². The maximum atomic E-state index is 12.9. The first kappa shape index (κ1) is 77.8. The van der Waals surface area contributed by atoms with Gasteiger partial charge in [-0.05, 0) is 154 Å². The molecular formula is C77H122O6. The van der Waals surface area contributed by atoms with Gasteiger partial charge < -0.3 is 14.2 Å². The molecule has 0 spiro atoms. The second-order valence-corrected chi connectivity index (χ2v) is 21.6. The zero-order valence-electron chi connectivity index (χ0n) is 53.4. The summed E-state index contributed by atoms with van der Waals surface area (Å²) in [4.78, 5) is 38.4. The lowest BCUT2D eigenvalue weighted by atomic mass is 10.1. The van der Waals surface area contributed by atoms with Gasteiger partial charge in [0.15, 0.2) is 6.10 Å². The van der Waals surface area contributed by atoms with E-state index < -0.39 is 6.10 Å². The third-order valence-corrected chi connectivity index (χ3v) is 13.7. The van der Waals surface area contributed by atoms with Crippen molar-refractivity contribution in [2.45, 2.75) is 284 Å². The Morgan fingerprint density at radius 2 is 0.470 bits per heavy atom. The number of esters is 3. The Balaban J connectivity index is 4.43. The van der Waals surface area contributed by atoms with Gasteiger partial charge >= 0.3 is 17.9 Å². The maximum Gasteiger partial charge on any atom is 0.306 e. The van der Waals surface area contributed by atoms with Crippen molar-refractivity contribution < 1.29 is 28.6 Å². The van der Waals surface area contributed by atoms with Crippen LogP contribution in [0.5, 0.6) is 0 Å². The predicted octanol–water partition coefficient (Wildman–Crippen LogP) is 23.4. The number of allylic oxidation sites excluding steroid dienone is 28. The fourth-order valence-electron chi connectivity index (χ4n) is 8.71. The van der Waals surface area contributed by atoms with Gasteiger partial charge in [-0.25, -0.2) is 0 Å². The van der Waals surface area contributed by atoms with Gasteiger partial charge in [0.1, 0.15) is 13.2 Å². The molecule has 0 aliphatic heterocycles. The minimum absolute atomic E-state index is 0.103. The van der Waals surface area contributed by atoms with Gasteiger partial charge in [-0.2, -0.15) is 0 Å². The molecule has 0 N–H and O–H groups in total. The van der Waals surface area contributed by atoms with Crippen LogP contribution in [-0.2, 0) is 28.6 Å². The normalized spacial score (nSPS) is 13.2. The molecule has 6 heteroatoms. The Morgan fingerprint density at radius 1 is 0.253 bits per heavy atom. The second kappa shape index (κ2) is 69.3. The molecule has 0 bridgehead atoms. The summed E-state index contributed by atoms with van der Waals surface area (Å²) < 4.78 is 16.9. The van der Waals surface area contributed by atoms with E-state index >= 15 is 0 Å². The molecule has 0 rings (SSSR count). The maximum absolute atomic E-state index is 12.9. The van der Waals surface area contributed by atoms with Gasteiger partial charge in [-0.15, -0.1) is 0 Å². The number of carbonyl (C=O) groups excluding carboxylic acids is 3. The molecule has 83 heavy (non-hydrogen) atoms. The van der Waals surface area contributed by atoms with Crippen molar-refractivity contribution >= 4 is 17.9 Å². The second-order valence-electron chi connectivity index (χ2n) is 21.6. The van der Waals surface area contributed by atoms with E-state index in [9.17, 15) is 14.4 Å². The molecule has 1 unspecified atom stereocenters. The van der Waals surface area contributed by atoms with Crippen molar-refractivity contribution in [3.63, 3.8) is 0 Å². The van der Waals surface area contributed by atoms with Crippen molar-refractivity contribution in [2.24, 2.45) is 0 Å². The smallest absolute Gasteiger partial charge is 0.306 e. The molecule has 6 nitrogen and oxygen atoms in total. The van der Waals surface area contributed by atoms with E-state index in [1.54, 1.807) is 0 Å². The van der Waals surface area contributed by atoms with Crippen LogP contribution >= 0.6 is 0 Å². The topological polar surface area (TPSA) is 78.9 Å². The Morgan fingerprint density at radius 3 is 0.759 bits per heavy atom. The number of ether oxygens (including phenoxy) is 3. The minimum atomic E-state index is -0.810. The number of rotatable bonds is 59. The lowest BCUT2D eigenvalue weighted by Gasteiger charge is -2.18. The summed E-state index contributed by atoms with van der Waals surface area (Å²) in [6.07, 6.45) is 102. The molecule has 0 fully saturated rings. The van der Waals surface area contributed by atoms with Crippen LogP contribution in [0.25, 0.3) is 0 Å². The summed E-state index contributed by atoms with van der Waals surface area (Å²) in [5.41, 5.74) is 0. The summed E-state index contributed by atoms with van der Waals surface area (Å²) in [6.45, 7) is 6.36. The minimum Gasteiger partial charge on any atom is -0.462 e. The summed E-state index contributed by atoms with van der Waals surface area (Å²) in [5.74, 6) is -0.956. The fraction of sp³-hybridized carbons (Fsp3) is 0.597. The molecule has 0 heterocycles. The largest absolute Gasteiger partial charge is 0.462 e. The number of hydrogen-bond donors (Lipinski definition) is 0. The van der Waals surface area contributed by atoms with Crippen LogP contribution in [0, 0.1) is 0 Å². The summed E-state index contributed by atoms with van der Waals surface area (Å²) in [6, 6.07) is 0.